The zero-order chi connectivity index (χ0) is 10.3. The normalized spacial score (nSPS) is 11.4. The molecular weight excluding hydrogens is 190 g/mol. The van der Waals surface area contributed by atoms with Gasteiger partial charge in [-0.05, 0) is 12.1 Å². The number of aromatic nitrogens is 2. The molecule has 0 saturated heterocycles. The lowest BCUT2D eigenvalue weighted by Crippen LogP contribution is -1.91. The van der Waals surface area contributed by atoms with E-state index in [1.54, 1.807) is 0 Å². The first-order valence-electron chi connectivity index (χ1n) is 3.90. The van der Waals surface area contributed by atoms with Gasteiger partial charge in [0, 0.05) is 5.56 Å². The summed E-state index contributed by atoms with van der Waals surface area (Å²) < 4.78 is 24.7. The van der Waals surface area contributed by atoms with E-state index in [0.29, 0.717) is 11.0 Å². The van der Waals surface area contributed by atoms with Gasteiger partial charge in [0.05, 0.1) is 11.2 Å². The quantitative estimate of drug-likeness (QED) is 0.609. The zero-order valence-corrected chi connectivity index (χ0v) is 7.09. The number of aromatic amines is 1. The van der Waals surface area contributed by atoms with Gasteiger partial charge in [0.1, 0.15) is 5.52 Å². The molecule has 0 aliphatic rings. The van der Waals surface area contributed by atoms with E-state index in [2.05, 4.69) is 9.97 Å². The van der Waals surface area contributed by atoms with Gasteiger partial charge in [-0.15, -0.1) is 0 Å². The molecule has 0 spiro atoms. The van der Waals surface area contributed by atoms with Crippen molar-refractivity contribution in [1.82, 2.24) is 9.97 Å². The summed E-state index contributed by atoms with van der Waals surface area (Å²) in [6.07, 6.45) is -2.55. The lowest BCUT2D eigenvalue weighted by Gasteiger charge is -2.01. The summed E-state index contributed by atoms with van der Waals surface area (Å²) in [6.45, 7) is 0. The van der Waals surface area contributed by atoms with E-state index in [-0.39, 0.29) is 17.2 Å². The molecule has 1 aromatic heterocycles. The van der Waals surface area contributed by atoms with Crippen molar-refractivity contribution < 1.29 is 8.78 Å². The maximum Gasteiger partial charge on any atom is 0.264 e. The highest BCUT2D eigenvalue weighted by molar-refractivity contribution is 5.89. The van der Waals surface area contributed by atoms with Crippen molar-refractivity contribution >= 4 is 22.7 Å². The molecule has 0 amide bonds. The molecule has 1 heterocycles. The Hall–Kier alpha value is -1.85. The van der Waals surface area contributed by atoms with E-state index >= 15 is 0 Å². The number of imidazole rings is 1. The van der Waals surface area contributed by atoms with Gasteiger partial charge >= 0.3 is 0 Å². The molecule has 0 radical (unpaired) electrons. The number of alkyl halides is 2. The van der Waals surface area contributed by atoms with Crippen LogP contribution < -0.4 is 11.5 Å². The Morgan fingerprint density at radius 1 is 1.29 bits per heavy atom. The van der Waals surface area contributed by atoms with Crippen molar-refractivity contribution in [3.8, 4) is 0 Å². The highest BCUT2D eigenvalue weighted by atomic mass is 19.3. The number of halogens is 2. The minimum absolute atomic E-state index is 0.140. The molecule has 0 bridgehead atoms. The number of fused-ring (bicyclic) bond motifs is 1. The zero-order valence-electron chi connectivity index (χ0n) is 7.09. The maximum absolute atomic E-state index is 12.4. The Kier molecular flexibility index (Phi) is 1.77. The second-order valence-electron chi connectivity index (χ2n) is 2.93. The lowest BCUT2D eigenvalue weighted by molar-refractivity contribution is 0.151. The van der Waals surface area contributed by atoms with Crippen LogP contribution in [-0.2, 0) is 0 Å². The van der Waals surface area contributed by atoms with Crippen LogP contribution in [0.25, 0.3) is 11.0 Å². The van der Waals surface area contributed by atoms with Gasteiger partial charge in [-0.25, -0.2) is 13.8 Å². The van der Waals surface area contributed by atoms with Crippen LogP contribution in [0.4, 0.5) is 20.4 Å². The van der Waals surface area contributed by atoms with Gasteiger partial charge < -0.3 is 16.5 Å². The fourth-order valence-corrected chi connectivity index (χ4v) is 1.31. The van der Waals surface area contributed by atoms with E-state index in [1.165, 1.54) is 12.1 Å². The standard InChI is InChI=1S/C8H8F2N4/c9-7(10)3-1-4(11)6-5(2-3)13-8(12)14-6/h1-2,7H,11H2,(H3,12,13,14). The molecule has 4 nitrogen and oxygen atoms in total. The van der Waals surface area contributed by atoms with E-state index in [0.717, 1.165) is 0 Å². The third-order valence-corrected chi connectivity index (χ3v) is 1.91. The molecule has 0 aliphatic carbocycles. The topological polar surface area (TPSA) is 80.7 Å². The Bertz CT molecular complexity index is 477. The monoisotopic (exact) mass is 198 g/mol. The molecule has 74 valence electrons. The first-order valence-corrected chi connectivity index (χ1v) is 3.90. The number of nitrogens with one attached hydrogen (secondary N) is 1. The number of nitrogens with zero attached hydrogens (tertiary/aromatic N) is 1. The van der Waals surface area contributed by atoms with Crippen molar-refractivity contribution in [2.24, 2.45) is 0 Å². The molecule has 0 unspecified atom stereocenters. The van der Waals surface area contributed by atoms with Crippen LogP contribution in [0.1, 0.15) is 12.0 Å². The van der Waals surface area contributed by atoms with Crippen LogP contribution in [0.2, 0.25) is 0 Å². The summed E-state index contributed by atoms with van der Waals surface area (Å²) in [6, 6.07) is 2.49. The molecule has 0 saturated carbocycles. The van der Waals surface area contributed by atoms with E-state index in [4.69, 9.17) is 11.5 Å². The molecule has 0 fully saturated rings. The summed E-state index contributed by atoms with van der Waals surface area (Å²) >= 11 is 0. The summed E-state index contributed by atoms with van der Waals surface area (Å²) in [5.41, 5.74) is 11.8. The minimum Gasteiger partial charge on any atom is -0.397 e. The van der Waals surface area contributed by atoms with Gasteiger partial charge in [0.25, 0.3) is 6.43 Å². The Balaban J connectivity index is 2.71. The predicted octanol–water partition coefficient (Wildman–Crippen LogP) is 1.66. The number of H-pyrrole nitrogens is 1. The number of benzene rings is 1. The number of nitrogen functional groups attached to an aromatic ring is 2. The van der Waals surface area contributed by atoms with E-state index in [1.807, 2.05) is 0 Å². The number of nitrogens with two attached hydrogens (primary N) is 2. The molecule has 2 rings (SSSR count). The lowest BCUT2D eigenvalue weighted by atomic mass is 10.2. The summed E-state index contributed by atoms with van der Waals surface area (Å²) in [5.74, 6) is 0.165. The smallest absolute Gasteiger partial charge is 0.264 e. The molecule has 5 N–H and O–H groups in total. The molecule has 0 aliphatic heterocycles. The molecule has 0 atom stereocenters. The van der Waals surface area contributed by atoms with Crippen LogP contribution in [0.5, 0.6) is 0 Å². The van der Waals surface area contributed by atoms with Gasteiger partial charge in [0.15, 0.2) is 5.95 Å². The predicted molar refractivity (Wildman–Crippen MR) is 49.9 cm³/mol. The number of anilines is 2. The third kappa shape index (κ3) is 1.24. The summed E-state index contributed by atoms with van der Waals surface area (Å²) in [5, 5.41) is 0. The second kappa shape index (κ2) is 2.83. The Labute approximate surface area is 77.9 Å². The van der Waals surface area contributed by atoms with Gasteiger partial charge in [-0.2, -0.15) is 0 Å². The fraction of sp³-hybridized carbons (Fsp3) is 0.125. The fourth-order valence-electron chi connectivity index (χ4n) is 1.31. The van der Waals surface area contributed by atoms with Crippen LogP contribution in [0.15, 0.2) is 12.1 Å². The summed E-state index contributed by atoms with van der Waals surface area (Å²) in [7, 11) is 0. The van der Waals surface area contributed by atoms with Crippen molar-refractivity contribution in [2.45, 2.75) is 6.43 Å². The van der Waals surface area contributed by atoms with Gasteiger partial charge in [-0.3, -0.25) is 0 Å². The van der Waals surface area contributed by atoms with Gasteiger partial charge in [-0.1, -0.05) is 0 Å². The van der Waals surface area contributed by atoms with Crippen LogP contribution in [0.3, 0.4) is 0 Å². The Morgan fingerprint density at radius 2 is 2.00 bits per heavy atom. The van der Waals surface area contributed by atoms with Crippen LogP contribution in [-0.4, -0.2) is 9.97 Å². The highest BCUT2D eigenvalue weighted by Gasteiger charge is 2.12. The second-order valence-corrected chi connectivity index (χ2v) is 2.93. The Morgan fingerprint density at radius 3 is 2.64 bits per heavy atom. The van der Waals surface area contributed by atoms with Gasteiger partial charge in [0.2, 0.25) is 0 Å². The first-order chi connectivity index (χ1) is 6.58. The highest BCUT2D eigenvalue weighted by Crippen LogP contribution is 2.27. The first kappa shape index (κ1) is 8.74. The molecule has 1 aromatic carbocycles. The maximum atomic E-state index is 12.4. The molecule has 2 aromatic rings. The number of rotatable bonds is 1. The molecule has 14 heavy (non-hydrogen) atoms. The third-order valence-electron chi connectivity index (χ3n) is 1.91. The largest absolute Gasteiger partial charge is 0.397 e. The SMILES string of the molecule is Nc1nc2c(N)cc(C(F)F)cc2[nH]1. The number of hydrogen-bond donors (Lipinski definition) is 3. The van der Waals surface area contributed by atoms with Crippen molar-refractivity contribution in [2.75, 3.05) is 11.5 Å². The van der Waals surface area contributed by atoms with Crippen molar-refractivity contribution in [3.05, 3.63) is 17.7 Å². The molecule has 6 heteroatoms. The average molecular weight is 198 g/mol. The van der Waals surface area contributed by atoms with Crippen LogP contribution >= 0.6 is 0 Å². The minimum atomic E-state index is -2.55. The van der Waals surface area contributed by atoms with Crippen LogP contribution in [0, 0.1) is 0 Å². The number of hydrogen-bond acceptors (Lipinski definition) is 3. The molecular formula is C8H8F2N4. The van der Waals surface area contributed by atoms with E-state index in [9.17, 15) is 8.78 Å². The van der Waals surface area contributed by atoms with Crippen molar-refractivity contribution in [3.63, 3.8) is 0 Å². The summed E-state index contributed by atoms with van der Waals surface area (Å²) in [4.78, 5) is 6.51. The van der Waals surface area contributed by atoms with E-state index < -0.39 is 6.43 Å². The average Bonchev–Trinajstić information content (AvgIpc) is 2.45. The van der Waals surface area contributed by atoms with Crippen molar-refractivity contribution in [1.29, 1.82) is 0 Å².